The van der Waals surface area contributed by atoms with Crippen molar-refractivity contribution in [1.82, 2.24) is 0 Å². The molecule has 3 aromatic carbocycles. The Labute approximate surface area is 174 Å². The number of rotatable bonds is 9. The summed E-state index contributed by atoms with van der Waals surface area (Å²) in [5.74, 6) is 1.59. The number of hydrogen-bond donors (Lipinski definition) is 0. The second kappa shape index (κ2) is 11.1. The Morgan fingerprint density at radius 2 is 1.26 bits per heavy atom. The van der Waals surface area contributed by atoms with Crippen LogP contribution >= 0.6 is 35.1 Å². The molecule has 0 bridgehead atoms. The standard InChI is InChI=1S/C22H20ClNOS2/c23-19-13-11-18(12-14-19)15-25-24-20(16-26-21-7-3-1-4-8-21)17-27-22-9-5-2-6-10-22/h1-14H,15-17H2. The smallest absolute Gasteiger partial charge is 0.142 e. The first-order valence-electron chi connectivity index (χ1n) is 8.57. The first-order chi connectivity index (χ1) is 13.3. The van der Waals surface area contributed by atoms with Gasteiger partial charge in [0.2, 0.25) is 0 Å². The SMILES string of the molecule is Clc1ccc(CON=C(CSc2ccccc2)CSc2ccccc2)cc1. The van der Waals surface area contributed by atoms with E-state index in [0.29, 0.717) is 6.61 Å². The molecule has 0 saturated carbocycles. The highest BCUT2D eigenvalue weighted by Gasteiger charge is 2.05. The van der Waals surface area contributed by atoms with Crippen molar-refractivity contribution in [3.63, 3.8) is 0 Å². The molecule has 2 nitrogen and oxygen atoms in total. The molecule has 3 rings (SSSR count). The third-order valence-corrected chi connectivity index (χ3v) is 6.05. The molecular formula is C22H20ClNOS2. The molecule has 0 radical (unpaired) electrons. The number of halogens is 1. The summed E-state index contributed by atoms with van der Waals surface area (Å²) < 4.78 is 0. The van der Waals surface area contributed by atoms with Gasteiger partial charge in [-0.2, -0.15) is 0 Å². The van der Waals surface area contributed by atoms with Gasteiger partial charge >= 0.3 is 0 Å². The van der Waals surface area contributed by atoms with Gasteiger partial charge in [0.1, 0.15) is 6.61 Å². The fraction of sp³-hybridized carbons (Fsp3) is 0.136. The van der Waals surface area contributed by atoms with Crippen LogP contribution in [0.1, 0.15) is 5.56 Å². The highest BCUT2D eigenvalue weighted by Crippen LogP contribution is 2.21. The van der Waals surface area contributed by atoms with E-state index in [-0.39, 0.29) is 0 Å². The lowest BCUT2D eigenvalue weighted by molar-refractivity contribution is 0.130. The molecule has 0 N–H and O–H groups in total. The maximum atomic E-state index is 5.92. The Hall–Kier alpha value is -1.88. The summed E-state index contributed by atoms with van der Waals surface area (Å²) in [7, 11) is 0. The molecule has 138 valence electrons. The van der Waals surface area contributed by atoms with Crippen LogP contribution in [0.15, 0.2) is 99.9 Å². The van der Waals surface area contributed by atoms with Crippen molar-refractivity contribution in [3.05, 3.63) is 95.5 Å². The van der Waals surface area contributed by atoms with E-state index in [0.717, 1.165) is 27.8 Å². The van der Waals surface area contributed by atoms with E-state index in [9.17, 15) is 0 Å². The van der Waals surface area contributed by atoms with Crippen molar-refractivity contribution < 1.29 is 4.84 Å². The van der Waals surface area contributed by atoms with Crippen LogP contribution in [0, 0.1) is 0 Å². The number of nitrogens with zero attached hydrogens (tertiary/aromatic N) is 1. The van der Waals surface area contributed by atoms with E-state index in [1.54, 1.807) is 23.5 Å². The Bertz CT molecular complexity index is 794. The van der Waals surface area contributed by atoms with Crippen LogP contribution in [-0.2, 0) is 11.4 Å². The lowest BCUT2D eigenvalue weighted by atomic mass is 10.2. The van der Waals surface area contributed by atoms with Crippen molar-refractivity contribution in [2.24, 2.45) is 5.16 Å². The lowest BCUT2D eigenvalue weighted by Crippen LogP contribution is -2.07. The Morgan fingerprint density at radius 1 is 0.741 bits per heavy atom. The van der Waals surface area contributed by atoms with Gasteiger partial charge in [0, 0.05) is 26.3 Å². The molecule has 0 fully saturated rings. The number of oxime groups is 1. The third-order valence-electron chi connectivity index (χ3n) is 3.64. The summed E-state index contributed by atoms with van der Waals surface area (Å²) in [4.78, 5) is 8.08. The number of thioether (sulfide) groups is 2. The van der Waals surface area contributed by atoms with Gasteiger partial charge in [-0.25, -0.2) is 0 Å². The van der Waals surface area contributed by atoms with Crippen LogP contribution in [0.5, 0.6) is 0 Å². The van der Waals surface area contributed by atoms with E-state index >= 15 is 0 Å². The molecule has 0 spiro atoms. The molecule has 0 amide bonds. The normalized spacial score (nSPS) is 10.4. The van der Waals surface area contributed by atoms with Crippen LogP contribution in [0.4, 0.5) is 0 Å². The van der Waals surface area contributed by atoms with Gasteiger partial charge in [0.15, 0.2) is 0 Å². The number of benzene rings is 3. The first kappa shape index (κ1) is 19.9. The van der Waals surface area contributed by atoms with E-state index in [2.05, 4.69) is 53.7 Å². The summed E-state index contributed by atoms with van der Waals surface area (Å²) in [6.07, 6.45) is 0. The minimum absolute atomic E-state index is 0.437. The second-order valence-electron chi connectivity index (χ2n) is 5.76. The van der Waals surface area contributed by atoms with Crippen molar-refractivity contribution >= 4 is 40.8 Å². The zero-order valence-electron chi connectivity index (χ0n) is 14.8. The predicted molar refractivity (Wildman–Crippen MR) is 118 cm³/mol. The van der Waals surface area contributed by atoms with Crippen LogP contribution in [0.25, 0.3) is 0 Å². The van der Waals surface area contributed by atoms with Gasteiger partial charge in [-0.1, -0.05) is 65.3 Å². The monoisotopic (exact) mass is 413 g/mol. The molecule has 5 heteroatoms. The summed E-state index contributed by atoms with van der Waals surface area (Å²) >= 11 is 9.46. The summed E-state index contributed by atoms with van der Waals surface area (Å²) in [5, 5.41) is 5.14. The first-order valence-corrected chi connectivity index (χ1v) is 10.9. The molecular weight excluding hydrogens is 394 g/mol. The summed E-state index contributed by atoms with van der Waals surface area (Å²) in [6, 6.07) is 28.3. The van der Waals surface area contributed by atoms with Gasteiger partial charge < -0.3 is 4.84 Å². The Morgan fingerprint density at radius 3 is 1.78 bits per heavy atom. The van der Waals surface area contributed by atoms with Crippen molar-refractivity contribution in [2.75, 3.05) is 11.5 Å². The largest absolute Gasteiger partial charge is 0.391 e. The fourth-order valence-corrected chi connectivity index (χ4v) is 4.17. The Kier molecular flexibility index (Phi) is 8.15. The molecule has 3 aromatic rings. The molecule has 27 heavy (non-hydrogen) atoms. The lowest BCUT2D eigenvalue weighted by Gasteiger charge is -2.08. The summed E-state index contributed by atoms with van der Waals surface area (Å²) in [5.41, 5.74) is 2.07. The van der Waals surface area contributed by atoms with Crippen molar-refractivity contribution in [1.29, 1.82) is 0 Å². The minimum atomic E-state index is 0.437. The third kappa shape index (κ3) is 7.33. The van der Waals surface area contributed by atoms with Gasteiger partial charge in [0.05, 0.1) is 5.71 Å². The molecule has 0 aliphatic heterocycles. The summed E-state index contributed by atoms with van der Waals surface area (Å²) in [6.45, 7) is 0.437. The van der Waals surface area contributed by atoms with Gasteiger partial charge in [-0.15, -0.1) is 23.5 Å². The van der Waals surface area contributed by atoms with Crippen LogP contribution in [-0.4, -0.2) is 17.2 Å². The quantitative estimate of drug-likeness (QED) is 0.219. The minimum Gasteiger partial charge on any atom is -0.391 e. The number of hydrogen-bond acceptors (Lipinski definition) is 4. The van der Waals surface area contributed by atoms with Crippen molar-refractivity contribution in [2.45, 2.75) is 16.4 Å². The van der Waals surface area contributed by atoms with Gasteiger partial charge in [0.25, 0.3) is 0 Å². The molecule has 0 aliphatic carbocycles. The van der Waals surface area contributed by atoms with Gasteiger partial charge in [-0.05, 0) is 42.0 Å². The zero-order valence-corrected chi connectivity index (χ0v) is 17.1. The molecule has 0 heterocycles. The van der Waals surface area contributed by atoms with Crippen LogP contribution in [0.2, 0.25) is 5.02 Å². The average molecular weight is 414 g/mol. The molecule has 0 atom stereocenters. The van der Waals surface area contributed by atoms with E-state index in [1.807, 2.05) is 36.4 Å². The second-order valence-corrected chi connectivity index (χ2v) is 8.29. The van der Waals surface area contributed by atoms with E-state index < -0.39 is 0 Å². The highest BCUT2D eigenvalue weighted by molar-refractivity contribution is 8.01. The van der Waals surface area contributed by atoms with E-state index in [1.165, 1.54) is 9.79 Å². The van der Waals surface area contributed by atoms with Crippen molar-refractivity contribution in [3.8, 4) is 0 Å². The maximum Gasteiger partial charge on any atom is 0.142 e. The topological polar surface area (TPSA) is 21.6 Å². The molecule has 0 unspecified atom stereocenters. The Balaban J connectivity index is 1.59. The van der Waals surface area contributed by atoms with Crippen LogP contribution < -0.4 is 0 Å². The zero-order chi connectivity index (χ0) is 18.7. The molecule has 0 aliphatic rings. The fourth-order valence-electron chi connectivity index (χ4n) is 2.24. The highest BCUT2D eigenvalue weighted by atomic mass is 35.5. The van der Waals surface area contributed by atoms with Gasteiger partial charge in [-0.3, -0.25) is 0 Å². The average Bonchev–Trinajstić information content (AvgIpc) is 2.72. The van der Waals surface area contributed by atoms with Crippen LogP contribution in [0.3, 0.4) is 0 Å². The predicted octanol–water partition coefficient (Wildman–Crippen LogP) is 6.80. The van der Waals surface area contributed by atoms with E-state index in [4.69, 9.17) is 16.4 Å². The maximum absolute atomic E-state index is 5.92. The molecule has 0 saturated heterocycles. The molecule has 0 aromatic heterocycles.